The van der Waals surface area contributed by atoms with Crippen LogP contribution in [0.2, 0.25) is 0 Å². The molecule has 0 amide bonds. The first-order chi connectivity index (χ1) is 6.50. The Bertz CT molecular complexity index is 310. The lowest BCUT2D eigenvalue weighted by atomic mass is 10.0. The second-order valence-corrected chi connectivity index (χ2v) is 3.33. The molecule has 0 aliphatic rings. The van der Waals surface area contributed by atoms with Crippen LogP contribution in [-0.4, -0.2) is 6.04 Å². The molecular weight excluding hydrogens is 191 g/mol. The third kappa shape index (κ3) is 2.73. The number of rotatable bonds is 3. The molecule has 1 aromatic rings. The van der Waals surface area contributed by atoms with Crippen molar-refractivity contribution < 1.29 is 13.2 Å². The second kappa shape index (κ2) is 4.46. The molecule has 2 N–H and O–H groups in total. The van der Waals surface area contributed by atoms with E-state index in [2.05, 4.69) is 0 Å². The molecule has 0 saturated heterocycles. The molecule has 0 aliphatic heterocycles. The maximum atomic E-state index is 13.1. The third-order valence-electron chi connectivity index (χ3n) is 1.86. The molecule has 0 unspecified atom stereocenters. The van der Waals surface area contributed by atoms with Crippen molar-refractivity contribution in [2.45, 2.75) is 25.8 Å². The Balaban J connectivity index is 2.96. The Morgan fingerprint density at radius 1 is 1.36 bits per heavy atom. The van der Waals surface area contributed by atoms with Gasteiger partial charge in [-0.3, -0.25) is 0 Å². The molecule has 0 bridgehead atoms. The maximum absolute atomic E-state index is 13.1. The lowest BCUT2D eigenvalue weighted by molar-refractivity contribution is 0.151. The molecule has 0 aliphatic carbocycles. The summed E-state index contributed by atoms with van der Waals surface area (Å²) in [6.07, 6.45) is -2.30. The predicted octanol–water partition coefficient (Wildman–Crippen LogP) is 2.65. The molecule has 14 heavy (non-hydrogen) atoms. The van der Waals surface area contributed by atoms with Crippen LogP contribution in [0.25, 0.3) is 0 Å². The molecule has 0 saturated carbocycles. The van der Waals surface area contributed by atoms with E-state index >= 15 is 0 Å². The van der Waals surface area contributed by atoms with Crippen molar-refractivity contribution in [3.05, 3.63) is 35.1 Å². The van der Waals surface area contributed by atoms with Gasteiger partial charge < -0.3 is 5.73 Å². The number of benzene rings is 1. The van der Waals surface area contributed by atoms with E-state index in [1.807, 2.05) is 0 Å². The van der Waals surface area contributed by atoms with Crippen LogP contribution in [0.3, 0.4) is 0 Å². The van der Waals surface area contributed by atoms with Gasteiger partial charge in [-0.05, 0) is 31.0 Å². The van der Waals surface area contributed by atoms with Crippen molar-refractivity contribution in [1.29, 1.82) is 0 Å². The fourth-order valence-corrected chi connectivity index (χ4v) is 1.23. The number of halogens is 3. The Hall–Kier alpha value is -1.03. The molecule has 1 aromatic carbocycles. The van der Waals surface area contributed by atoms with E-state index < -0.39 is 12.2 Å². The smallest absolute Gasteiger partial charge is 0.263 e. The monoisotopic (exact) mass is 203 g/mol. The summed E-state index contributed by atoms with van der Waals surface area (Å²) < 4.78 is 37.6. The van der Waals surface area contributed by atoms with Crippen molar-refractivity contribution >= 4 is 0 Å². The molecule has 1 rings (SSSR count). The average molecular weight is 203 g/mol. The van der Waals surface area contributed by atoms with E-state index in [4.69, 9.17) is 5.73 Å². The lowest BCUT2D eigenvalue weighted by Crippen LogP contribution is -2.18. The summed E-state index contributed by atoms with van der Waals surface area (Å²) in [5.74, 6) is -0.480. The normalized spacial score (nSPS) is 13.3. The first-order valence-electron chi connectivity index (χ1n) is 4.32. The predicted molar refractivity (Wildman–Crippen MR) is 48.7 cm³/mol. The first-order valence-corrected chi connectivity index (χ1v) is 4.32. The summed E-state index contributed by atoms with van der Waals surface area (Å²) in [6, 6.07) is 3.07. The van der Waals surface area contributed by atoms with Gasteiger partial charge in [-0.1, -0.05) is 6.07 Å². The SMILES string of the molecule is C[C@H](N)Cc1cc(C(F)F)ccc1F. The van der Waals surface area contributed by atoms with E-state index in [9.17, 15) is 13.2 Å². The highest BCUT2D eigenvalue weighted by atomic mass is 19.3. The van der Waals surface area contributed by atoms with Crippen LogP contribution >= 0.6 is 0 Å². The van der Waals surface area contributed by atoms with Gasteiger partial charge in [0.25, 0.3) is 6.43 Å². The summed E-state index contributed by atoms with van der Waals surface area (Å²) >= 11 is 0. The van der Waals surface area contributed by atoms with Gasteiger partial charge in [0.2, 0.25) is 0 Å². The van der Waals surface area contributed by atoms with Crippen LogP contribution in [0.4, 0.5) is 13.2 Å². The van der Waals surface area contributed by atoms with Crippen LogP contribution < -0.4 is 5.73 Å². The summed E-state index contributed by atoms with van der Waals surface area (Å²) in [4.78, 5) is 0. The van der Waals surface area contributed by atoms with Crippen LogP contribution in [0.15, 0.2) is 18.2 Å². The first kappa shape index (κ1) is 11.0. The Labute approximate surface area is 80.7 Å². The molecule has 0 aromatic heterocycles. The Morgan fingerprint density at radius 2 is 2.00 bits per heavy atom. The highest BCUT2D eigenvalue weighted by molar-refractivity contribution is 5.26. The molecule has 78 valence electrons. The van der Waals surface area contributed by atoms with Gasteiger partial charge in [0.15, 0.2) is 0 Å². The summed E-state index contributed by atoms with van der Waals surface area (Å²) in [7, 11) is 0. The minimum atomic E-state index is -2.57. The Morgan fingerprint density at radius 3 is 2.50 bits per heavy atom. The summed E-state index contributed by atoms with van der Waals surface area (Å²) in [5, 5.41) is 0. The van der Waals surface area contributed by atoms with E-state index in [1.54, 1.807) is 6.92 Å². The largest absolute Gasteiger partial charge is 0.328 e. The van der Waals surface area contributed by atoms with Gasteiger partial charge in [0, 0.05) is 11.6 Å². The molecule has 0 heterocycles. The molecule has 0 spiro atoms. The van der Waals surface area contributed by atoms with Gasteiger partial charge in [-0.15, -0.1) is 0 Å². The van der Waals surface area contributed by atoms with Crippen LogP contribution in [0.5, 0.6) is 0 Å². The molecule has 0 fully saturated rings. The van der Waals surface area contributed by atoms with Crippen molar-refractivity contribution in [3.8, 4) is 0 Å². The number of alkyl halides is 2. The van der Waals surface area contributed by atoms with Crippen LogP contribution in [0, 0.1) is 5.82 Å². The second-order valence-electron chi connectivity index (χ2n) is 3.33. The van der Waals surface area contributed by atoms with Crippen molar-refractivity contribution in [1.82, 2.24) is 0 Å². The highest BCUT2D eigenvalue weighted by Gasteiger charge is 2.11. The van der Waals surface area contributed by atoms with Crippen molar-refractivity contribution in [2.75, 3.05) is 0 Å². The molecule has 0 radical (unpaired) electrons. The average Bonchev–Trinajstić information content (AvgIpc) is 2.07. The maximum Gasteiger partial charge on any atom is 0.263 e. The molecule has 1 atom stereocenters. The summed E-state index contributed by atoms with van der Waals surface area (Å²) in [5.41, 5.74) is 5.55. The molecule has 1 nitrogen and oxygen atoms in total. The van der Waals surface area contributed by atoms with E-state index in [1.165, 1.54) is 6.07 Å². The van der Waals surface area contributed by atoms with Gasteiger partial charge in [0.1, 0.15) is 5.82 Å². The summed E-state index contributed by atoms with van der Waals surface area (Å²) in [6.45, 7) is 1.70. The van der Waals surface area contributed by atoms with Gasteiger partial charge in [-0.25, -0.2) is 13.2 Å². The number of hydrogen-bond acceptors (Lipinski definition) is 1. The van der Waals surface area contributed by atoms with E-state index in [0.717, 1.165) is 12.1 Å². The standard InChI is InChI=1S/C10H12F3N/c1-6(14)4-8-5-7(10(12)13)2-3-9(8)11/h2-3,5-6,10H,4,14H2,1H3/t6-/m0/s1. The zero-order valence-corrected chi connectivity index (χ0v) is 7.81. The van der Waals surface area contributed by atoms with E-state index in [-0.39, 0.29) is 23.6 Å². The van der Waals surface area contributed by atoms with E-state index in [0.29, 0.717) is 0 Å². The molecular formula is C10H12F3N. The van der Waals surface area contributed by atoms with Crippen molar-refractivity contribution in [2.24, 2.45) is 5.73 Å². The molecule has 4 heteroatoms. The number of hydrogen-bond donors (Lipinski definition) is 1. The van der Waals surface area contributed by atoms with Gasteiger partial charge in [0.05, 0.1) is 0 Å². The van der Waals surface area contributed by atoms with Gasteiger partial charge >= 0.3 is 0 Å². The quantitative estimate of drug-likeness (QED) is 0.802. The topological polar surface area (TPSA) is 26.0 Å². The number of nitrogens with two attached hydrogens (primary N) is 1. The third-order valence-corrected chi connectivity index (χ3v) is 1.86. The zero-order chi connectivity index (χ0) is 10.7. The van der Waals surface area contributed by atoms with Crippen LogP contribution in [0.1, 0.15) is 24.5 Å². The zero-order valence-electron chi connectivity index (χ0n) is 7.81. The lowest BCUT2D eigenvalue weighted by Gasteiger charge is -2.08. The minimum absolute atomic E-state index is 0.165. The highest BCUT2D eigenvalue weighted by Crippen LogP contribution is 2.21. The van der Waals surface area contributed by atoms with Crippen LogP contribution in [-0.2, 0) is 6.42 Å². The minimum Gasteiger partial charge on any atom is -0.328 e. The Kier molecular flexibility index (Phi) is 3.52. The van der Waals surface area contributed by atoms with Gasteiger partial charge in [-0.2, -0.15) is 0 Å². The van der Waals surface area contributed by atoms with Crippen molar-refractivity contribution in [3.63, 3.8) is 0 Å². The fourth-order valence-electron chi connectivity index (χ4n) is 1.23. The fraction of sp³-hybridized carbons (Fsp3) is 0.400.